The van der Waals surface area contributed by atoms with Crippen LogP contribution >= 0.6 is 0 Å². The number of hydrogen-bond donors (Lipinski definition) is 5. The molecule has 0 saturated carbocycles. The molecule has 0 amide bonds. The zero-order chi connectivity index (χ0) is 17.9. The molecule has 5 N–H and O–H groups in total. The molecule has 0 fully saturated rings. The van der Waals surface area contributed by atoms with E-state index in [1.807, 2.05) is 0 Å². The maximum Gasteiger partial charge on any atom is 0.305 e. The molecular formula is C16H34O7. The lowest BCUT2D eigenvalue weighted by atomic mass is 10.1. The summed E-state index contributed by atoms with van der Waals surface area (Å²) in [5.41, 5.74) is 0. The van der Waals surface area contributed by atoms with Crippen molar-refractivity contribution in [2.75, 3.05) is 26.4 Å². The molecule has 0 saturated heterocycles. The summed E-state index contributed by atoms with van der Waals surface area (Å²) in [6.07, 6.45) is 6.65. The molecule has 0 heterocycles. The third-order valence-electron chi connectivity index (χ3n) is 3.05. The first kappa shape index (κ1) is 24.5. The van der Waals surface area contributed by atoms with Gasteiger partial charge >= 0.3 is 5.97 Å². The Kier molecular flexibility index (Phi) is 20.6. The van der Waals surface area contributed by atoms with E-state index >= 15 is 0 Å². The van der Waals surface area contributed by atoms with Crippen LogP contribution < -0.4 is 0 Å². The van der Waals surface area contributed by atoms with Gasteiger partial charge in [0.05, 0.1) is 19.8 Å². The number of carbonyl (C=O) groups excluding carboxylic acids is 1. The Balaban J connectivity index is 0. The van der Waals surface area contributed by atoms with Crippen LogP contribution in [0.2, 0.25) is 0 Å². The average Bonchev–Trinajstić information content (AvgIpc) is 2.58. The molecule has 7 heteroatoms. The van der Waals surface area contributed by atoms with Gasteiger partial charge in [0.25, 0.3) is 0 Å². The summed E-state index contributed by atoms with van der Waals surface area (Å²) in [6, 6.07) is 0. The van der Waals surface area contributed by atoms with Crippen LogP contribution in [0, 0.1) is 0 Å². The second-order valence-corrected chi connectivity index (χ2v) is 5.41. The highest BCUT2D eigenvalue weighted by molar-refractivity contribution is 5.69. The summed E-state index contributed by atoms with van der Waals surface area (Å²) in [5, 5.41) is 41.5. The largest absolute Gasteiger partial charge is 0.463 e. The van der Waals surface area contributed by atoms with Gasteiger partial charge in [0, 0.05) is 6.42 Å². The molecule has 0 bridgehead atoms. The maximum absolute atomic E-state index is 11.2. The summed E-state index contributed by atoms with van der Waals surface area (Å²) in [6.45, 7) is 0.986. The van der Waals surface area contributed by atoms with Crippen LogP contribution in [-0.2, 0) is 9.53 Å². The number of esters is 1. The van der Waals surface area contributed by atoms with E-state index < -0.39 is 12.2 Å². The Labute approximate surface area is 138 Å². The molecular weight excluding hydrogens is 304 g/mol. The van der Waals surface area contributed by atoms with Crippen LogP contribution in [0.3, 0.4) is 0 Å². The summed E-state index contributed by atoms with van der Waals surface area (Å²) in [7, 11) is 0. The molecule has 23 heavy (non-hydrogen) atoms. The second kappa shape index (κ2) is 19.3. The molecule has 0 aromatic carbocycles. The van der Waals surface area contributed by atoms with Gasteiger partial charge in [0.2, 0.25) is 0 Å². The summed E-state index contributed by atoms with van der Waals surface area (Å²) < 4.78 is 4.79. The van der Waals surface area contributed by atoms with Crippen LogP contribution in [-0.4, -0.2) is 70.1 Å². The minimum atomic E-state index is -0.954. The molecule has 0 rings (SSSR count). The van der Waals surface area contributed by atoms with Gasteiger partial charge in [0.1, 0.15) is 18.8 Å². The normalized spacial score (nSPS) is 11.8. The van der Waals surface area contributed by atoms with E-state index in [0.717, 1.165) is 12.8 Å². The van der Waals surface area contributed by atoms with Gasteiger partial charge in [-0.05, 0) is 6.42 Å². The smallest absolute Gasteiger partial charge is 0.305 e. The number of ether oxygens (including phenoxy) is 1. The van der Waals surface area contributed by atoms with E-state index in [9.17, 15) is 4.79 Å². The van der Waals surface area contributed by atoms with Crippen LogP contribution in [0.4, 0.5) is 0 Å². The van der Waals surface area contributed by atoms with Crippen LogP contribution in [0.15, 0.2) is 0 Å². The van der Waals surface area contributed by atoms with Crippen molar-refractivity contribution in [3.05, 3.63) is 0 Å². The van der Waals surface area contributed by atoms with Gasteiger partial charge in [-0.15, -0.1) is 0 Å². The zero-order valence-corrected chi connectivity index (χ0v) is 14.2. The van der Waals surface area contributed by atoms with E-state index in [2.05, 4.69) is 6.92 Å². The van der Waals surface area contributed by atoms with Crippen LogP contribution in [0.5, 0.6) is 0 Å². The monoisotopic (exact) mass is 338 g/mol. The fourth-order valence-corrected chi connectivity index (χ4v) is 1.60. The molecule has 0 spiro atoms. The number of carbonyl (C=O) groups is 1. The predicted octanol–water partition coefficient (Wildman–Crippen LogP) is 0.355. The molecule has 1 unspecified atom stereocenters. The van der Waals surface area contributed by atoms with E-state index in [-0.39, 0.29) is 32.4 Å². The molecule has 0 aliphatic heterocycles. The highest BCUT2D eigenvalue weighted by atomic mass is 16.5. The van der Waals surface area contributed by atoms with E-state index in [1.54, 1.807) is 0 Å². The lowest BCUT2D eigenvalue weighted by Gasteiger charge is -2.08. The Morgan fingerprint density at radius 1 is 0.826 bits per heavy atom. The average molecular weight is 338 g/mol. The van der Waals surface area contributed by atoms with Gasteiger partial charge in [-0.25, -0.2) is 0 Å². The third-order valence-corrected chi connectivity index (χ3v) is 3.05. The lowest BCUT2D eigenvalue weighted by molar-refractivity contribution is -0.147. The molecule has 0 aromatic rings. The van der Waals surface area contributed by atoms with Crippen molar-refractivity contribution in [2.24, 2.45) is 0 Å². The molecule has 1 atom stereocenters. The number of aliphatic hydroxyl groups is 5. The SMILES string of the molecule is CCCCCCCCCC(=O)OCC(O)CO.OCC(O)CO. The Morgan fingerprint density at radius 3 is 1.74 bits per heavy atom. The minimum absolute atomic E-state index is 0.105. The van der Waals surface area contributed by atoms with E-state index in [4.69, 9.17) is 30.3 Å². The lowest BCUT2D eigenvalue weighted by Crippen LogP contribution is -2.21. The molecule has 0 aliphatic carbocycles. The van der Waals surface area contributed by atoms with Crippen molar-refractivity contribution in [1.82, 2.24) is 0 Å². The Morgan fingerprint density at radius 2 is 1.30 bits per heavy atom. The second-order valence-electron chi connectivity index (χ2n) is 5.41. The van der Waals surface area contributed by atoms with Crippen molar-refractivity contribution >= 4 is 5.97 Å². The topological polar surface area (TPSA) is 127 Å². The van der Waals surface area contributed by atoms with Crippen molar-refractivity contribution < 1.29 is 35.1 Å². The summed E-state index contributed by atoms with van der Waals surface area (Å²) in [5.74, 6) is -0.286. The molecule has 0 radical (unpaired) electrons. The van der Waals surface area contributed by atoms with Crippen LogP contribution in [0.25, 0.3) is 0 Å². The minimum Gasteiger partial charge on any atom is -0.463 e. The first-order chi connectivity index (χ1) is 11.0. The third kappa shape index (κ3) is 21.3. The van der Waals surface area contributed by atoms with E-state index in [1.165, 1.54) is 32.1 Å². The summed E-state index contributed by atoms with van der Waals surface area (Å²) >= 11 is 0. The number of aliphatic hydroxyl groups excluding tert-OH is 5. The zero-order valence-electron chi connectivity index (χ0n) is 14.2. The first-order valence-electron chi connectivity index (χ1n) is 8.36. The molecule has 0 aromatic heterocycles. The van der Waals surface area contributed by atoms with Gasteiger partial charge in [-0.1, -0.05) is 45.4 Å². The predicted molar refractivity (Wildman–Crippen MR) is 86.8 cm³/mol. The van der Waals surface area contributed by atoms with Crippen molar-refractivity contribution in [3.8, 4) is 0 Å². The van der Waals surface area contributed by atoms with Crippen molar-refractivity contribution in [3.63, 3.8) is 0 Å². The molecule has 140 valence electrons. The van der Waals surface area contributed by atoms with Gasteiger partial charge in [-0.2, -0.15) is 0 Å². The fourth-order valence-electron chi connectivity index (χ4n) is 1.60. The van der Waals surface area contributed by atoms with Gasteiger partial charge < -0.3 is 30.3 Å². The first-order valence-corrected chi connectivity index (χ1v) is 8.36. The fraction of sp³-hybridized carbons (Fsp3) is 0.938. The molecule has 7 nitrogen and oxygen atoms in total. The highest BCUT2D eigenvalue weighted by Gasteiger charge is 2.07. The molecule has 0 aliphatic rings. The number of hydrogen-bond acceptors (Lipinski definition) is 7. The Bertz CT molecular complexity index is 245. The Hall–Kier alpha value is -0.730. The van der Waals surface area contributed by atoms with Crippen LogP contribution in [0.1, 0.15) is 58.3 Å². The highest BCUT2D eigenvalue weighted by Crippen LogP contribution is 2.08. The van der Waals surface area contributed by atoms with Crippen molar-refractivity contribution in [1.29, 1.82) is 0 Å². The standard InChI is InChI=1S/C13H26O4.C3H8O3/c1-2-3-4-5-6-7-8-9-13(16)17-11-12(15)10-14;4-1-3(6)2-5/h12,14-15H,2-11H2,1H3;3-6H,1-2H2. The number of rotatable bonds is 13. The van der Waals surface area contributed by atoms with Crippen molar-refractivity contribution in [2.45, 2.75) is 70.5 Å². The van der Waals surface area contributed by atoms with Gasteiger partial charge in [0.15, 0.2) is 0 Å². The van der Waals surface area contributed by atoms with Gasteiger partial charge in [-0.3, -0.25) is 4.79 Å². The maximum atomic E-state index is 11.2. The number of unbranched alkanes of at least 4 members (excludes halogenated alkanes) is 6. The van der Waals surface area contributed by atoms with E-state index in [0.29, 0.717) is 6.42 Å². The quantitative estimate of drug-likeness (QED) is 0.242. The summed E-state index contributed by atoms with van der Waals surface area (Å²) in [4.78, 5) is 11.2.